The summed E-state index contributed by atoms with van der Waals surface area (Å²) in [5.41, 5.74) is 0.282. The fourth-order valence-corrected chi connectivity index (χ4v) is 4.19. The molecule has 4 rings (SSSR count). The van der Waals surface area contributed by atoms with E-state index in [1.807, 2.05) is 26.2 Å². The molecule has 1 aromatic heterocycles. The molecule has 0 spiro atoms. The summed E-state index contributed by atoms with van der Waals surface area (Å²) in [6, 6.07) is 12.1. The first-order valence-electron chi connectivity index (χ1n) is 9.42. The van der Waals surface area contributed by atoms with Crippen LogP contribution in [0.15, 0.2) is 42.5 Å². The van der Waals surface area contributed by atoms with Crippen molar-refractivity contribution in [2.75, 3.05) is 38.7 Å². The molecule has 2 heterocycles. The molecule has 6 nitrogen and oxygen atoms in total. The van der Waals surface area contributed by atoms with Crippen LogP contribution >= 0.6 is 23.7 Å². The Labute approximate surface area is 184 Å². The van der Waals surface area contributed by atoms with Gasteiger partial charge in [0.2, 0.25) is 6.10 Å². The predicted molar refractivity (Wildman–Crippen MR) is 119 cm³/mol. The summed E-state index contributed by atoms with van der Waals surface area (Å²) >= 11 is 1.30. The highest BCUT2D eigenvalue weighted by Gasteiger charge is 2.33. The summed E-state index contributed by atoms with van der Waals surface area (Å²) in [4.78, 5) is 21.4. The number of para-hydroxylation sites is 3. The Bertz CT molecular complexity index is 1030. The highest BCUT2D eigenvalue weighted by molar-refractivity contribution is 7.22. The van der Waals surface area contributed by atoms with Gasteiger partial charge >= 0.3 is 0 Å². The first-order valence-corrected chi connectivity index (χ1v) is 10.2. The first kappa shape index (κ1) is 22.3. The minimum absolute atomic E-state index is 0. The molecule has 0 saturated heterocycles. The summed E-state index contributed by atoms with van der Waals surface area (Å²) < 4.78 is 26.4. The van der Waals surface area contributed by atoms with Crippen molar-refractivity contribution in [1.29, 1.82) is 0 Å². The Morgan fingerprint density at radius 1 is 1.17 bits per heavy atom. The number of carbonyl (C=O) groups excluding carboxylic acids is 1. The number of benzene rings is 2. The van der Waals surface area contributed by atoms with Gasteiger partial charge in [-0.05, 0) is 51.3 Å². The SMILES string of the molecule is CN(C)CCCN(C(=O)C1COc2ccccc2O1)c1nc2c(F)cccc2s1.Cl. The molecule has 0 saturated carbocycles. The lowest BCUT2D eigenvalue weighted by Gasteiger charge is -2.29. The number of hydrogen-bond acceptors (Lipinski definition) is 6. The minimum atomic E-state index is -0.777. The van der Waals surface area contributed by atoms with Crippen LogP contribution in [0.25, 0.3) is 10.2 Å². The summed E-state index contributed by atoms with van der Waals surface area (Å²) in [6.07, 6.45) is -0.0254. The van der Waals surface area contributed by atoms with Gasteiger partial charge < -0.3 is 14.4 Å². The van der Waals surface area contributed by atoms with Gasteiger partial charge in [-0.1, -0.05) is 29.5 Å². The molecule has 2 aromatic carbocycles. The van der Waals surface area contributed by atoms with E-state index < -0.39 is 11.9 Å². The molecule has 9 heteroatoms. The lowest BCUT2D eigenvalue weighted by molar-refractivity contribution is -0.127. The van der Waals surface area contributed by atoms with Gasteiger partial charge in [0.05, 0.1) is 4.70 Å². The van der Waals surface area contributed by atoms with Gasteiger partial charge in [0.1, 0.15) is 17.9 Å². The van der Waals surface area contributed by atoms with Crippen molar-refractivity contribution in [3.8, 4) is 11.5 Å². The van der Waals surface area contributed by atoms with Crippen molar-refractivity contribution < 1.29 is 18.7 Å². The van der Waals surface area contributed by atoms with Crippen LogP contribution in [0.5, 0.6) is 11.5 Å². The Morgan fingerprint density at radius 3 is 2.67 bits per heavy atom. The van der Waals surface area contributed by atoms with E-state index in [2.05, 4.69) is 9.88 Å². The monoisotopic (exact) mass is 451 g/mol. The number of rotatable bonds is 6. The number of carbonyl (C=O) groups is 1. The molecule has 0 N–H and O–H groups in total. The van der Waals surface area contributed by atoms with Crippen molar-refractivity contribution >= 4 is 45.0 Å². The molecule has 0 radical (unpaired) electrons. The lowest BCUT2D eigenvalue weighted by Crippen LogP contribution is -2.47. The van der Waals surface area contributed by atoms with E-state index in [1.165, 1.54) is 17.4 Å². The maximum absolute atomic E-state index is 14.1. The average Bonchev–Trinajstić information content (AvgIpc) is 3.15. The molecule has 160 valence electrons. The standard InChI is InChI=1S/C21H22FN3O3S.ClH/c1-24(2)11-6-12-25(21-23-19-14(22)7-5-10-18(19)29-21)20(26)17-13-27-15-8-3-4-9-16(15)28-17;/h3-5,7-10,17H,6,11-13H2,1-2H3;1H. The zero-order chi connectivity index (χ0) is 20.4. The zero-order valence-electron chi connectivity index (χ0n) is 16.7. The fourth-order valence-electron chi connectivity index (χ4n) is 3.18. The number of nitrogens with zero attached hydrogens (tertiary/aromatic N) is 3. The molecule has 1 aliphatic heterocycles. The zero-order valence-corrected chi connectivity index (χ0v) is 18.3. The maximum Gasteiger partial charge on any atom is 0.273 e. The number of amides is 1. The molecule has 0 aliphatic carbocycles. The Morgan fingerprint density at radius 2 is 1.93 bits per heavy atom. The Balaban J connectivity index is 0.00000256. The Kier molecular flexibility index (Phi) is 7.12. The van der Waals surface area contributed by atoms with E-state index >= 15 is 0 Å². The van der Waals surface area contributed by atoms with E-state index in [1.54, 1.807) is 29.2 Å². The minimum Gasteiger partial charge on any atom is -0.485 e. The normalized spacial score (nSPS) is 15.1. The maximum atomic E-state index is 14.1. The number of anilines is 1. The van der Waals surface area contributed by atoms with Crippen LogP contribution in [0.1, 0.15) is 6.42 Å². The fraction of sp³-hybridized carbons (Fsp3) is 0.333. The quantitative estimate of drug-likeness (QED) is 0.567. The van der Waals surface area contributed by atoms with Gasteiger partial charge in [-0.2, -0.15) is 0 Å². The van der Waals surface area contributed by atoms with Gasteiger partial charge in [0.15, 0.2) is 16.6 Å². The van der Waals surface area contributed by atoms with E-state index in [9.17, 15) is 9.18 Å². The van der Waals surface area contributed by atoms with Crippen molar-refractivity contribution in [2.45, 2.75) is 12.5 Å². The van der Waals surface area contributed by atoms with E-state index in [0.29, 0.717) is 27.9 Å². The molecule has 1 atom stereocenters. The molecule has 1 amide bonds. The van der Waals surface area contributed by atoms with Gasteiger partial charge in [-0.25, -0.2) is 9.37 Å². The summed E-state index contributed by atoms with van der Waals surface area (Å²) in [5, 5.41) is 0.469. The van der Waals surface area contributed by atoms with Gasteiger partial charge in [0, 0.05) is 6.54 Å². The van der Waals surface area contributed by atoms with Crippen LogP contribution in [0, 0.1) is 5.82 Å². The first-order chi connectivity index (χ1) is 14.0. The number of hydrogen-bond donors (Lipinski definition) is 0. The third-order valence-electron chi connectivity index (χ3n) is 4.63. The number of ether oxygens (including phenoxy) is 2. The number of fused-ring (bicyclic) bond motifs is 2. The Hall–Kier alpha value is -2.42. The molecule has 3 aromatic rings. The number of thiazole rings is 1. The molecule has 30 heavy (non-hydrogen) atoms. The van der Waals surface area contributed by atoms with Gasteiger partial charge in [-0.15, -0.1) is 12.4 Å². The average molecular weight is 452 g/mol. The van der Waals surface area contributed by atoms with Gasteiger partial charge in [0.25, 0.3) is 5.91 Å². The van der Waals surface area contributed by atoms with Crippen LogP contribution in [-0.4, -0.2) is 55.7 Å². The lowest BCUT2D eigenvalue weighted by atomic mass is 10.2. The van der Waals surface area contributed by atoms with Gasteiger partial charge in [-0.3, -0.25) is 9.69 Å². The van der Waals surface area contributed by atoms with Crippen molar-refractivity contribution in [3.63, 3.8) is 0 Å². The van der Waals surface area contributed by atoms with E-state index in [0.717, 1.165) is 13.0 Å². The number of halogens is 2. The number of aromatic nitrogens is 1. The molecular formula is C21H23ClFN3O3S. The highest BCUT2D eigenvalue weighted by atomic mass is 35.5. The molecular weight excluding hydrogens is 429 g/mol. The molecule has 0 bridgehead atoms. The van der Waals surface area contributed by atoms with E-state index in [4.69, 9.17) is 9.47 Å². The van der Waals surface area contributed by atoms with Crippen LogP contribution in [0.3, 0.4) is 0 Å². The largest absolute Gasteiger partial charge is 0.485 e. The summed E-state index contributed by atoms with van der Waals surface area (Å²) in [7, 11) is 3.96. The summed E-state index contributed by atoms with van der Waals surface area (Å²) in [5.74, 6) is 0.535. The van der Waals surface area contributed by atoms with Crippen molar-refractivity contribution in [2.24, 2.45) is 0 Å². The predicted octanol–water partition coefficient (Wildman–Crippen LogP) is 3.98. The van der Waals surface area contributed by atoms with Crippen LogP contribution in [0.4, 0.5) is 9.52 Å². The molecule has 1 unspecified atom stereocenters. The topological polar surface area (TPSA) is 54.9 Å². The van der Waals surface area contributed by atoms with Crippen LogP contribution < -0.4 is 14.4 Å². The third-order valence-corrected chi connectivity index (χ3v) is 5.67. The van der Waals surface area contributed by atoms with E-state index in [-0.39, 0.29) is 30.4 Å². The van der Waals surface area contributed by atoms with Crippen LogP contribution in [0.2, 0.25) is 0 Å². The second-order valence-electron chi connectivity index (χ2n) is 7.09. The van der Waals surface area contributed by atoms with Crippen molar-refractivity contribution in [1.82, 2.24) is 9.88 Å². The second-order valence-corrected chi connectivity index (χ2v) is 8.10. The van der Waals surface area contributed by atoms with Crippen molar-refractivity contribution in [3.05, 3.63) is 48.3 Å². The third kappa shape index (κ3) is 4.66. The molecule has 0 fully saturated rings. The highest BCUT2D eigenvalue weighted by Crippen LogP contribution is 2.34. The second kappa shape index (κ2) is 9.59. The summed E-state index contributed by atoms with van der Waals surface area (Å²) in [6.45, 7) is 1.40. The smallest absolute Gasteiger partial charge is 0.273 e. The van der Waals surface area contributed by atoms with Crippen LogP contribution in [-0.2, 0) is 4.79 Å². The molecule has 1 aliphatic rings.